The molecule has 196 valence electrons. The zero-order valence-electron chi connectivity index (χ0n) is 20.7. The molecule has 5 aromatic rings. The van der Waals surface area contributed by atoms with E-state index in [1.165, 1.54) is 42.5 Å². The van der Waals surface area contributed by atoms with Gasteiger partial charge in [0, 0.05) is 0 Å². The Kier molecular flexibility index (Phi) is 6.08. The van der Waals surface area contributed by atoms with Crippen molar-refractivity contribution in [3.05, 3.63) is 136 Å². The number of amides is 2. The number of benzene rings is 4. The van der Waals surface area contributed by atoms with Gasteiger partial charge in [0.25, 0.3) is 17.4 Å². The third-order valence-corrected chi connectivity index (χ3v) is 7.56. The summed E-state index contributed by atoms with van der Waals surface area (Å²) in [7, 11) is -3.99. The minimum atomic E-state index is -3.99. The average molecular weight is 550 g/mol. The van der Waals surface area contributed by atoms with Gasteiger partial charge in [-0.1, -0.05) is 60.7 Å². The van der Waals surface area contributed by atoms with E-state index >= 15 is 0 Å². The highest BCUT2D eigenvalue weighted by atomic mass is 32.2. The number of hydrogen-bond acceptors (Lipinski definition) is 7. The summed E-state index contributed by atoms with van der Waals surface area (Å²) in [5, 5.41) is 1.05. The predicted molar refractivity (Wildman–Crippen MR) is 149 cm³/mol. The van der Waals surface area contributed by atoms with E-state index < -0.39 is 27.5 Å². The Hall–Kier alpha value is -5.35. The molecule has 0 aliphatic carbocycles. The van der Waals surface area contributed by atoms with Crippen molar-refractivity contribution in [3.8, 4) is 5.75 Å². The predicted octanol–water partition coefficient (Wildman–Crippen LogP) is 4.27. The van der Waals surface area contributed by atoms with Gasteiger partial charge in [0.2, 0.25) is 0 Å². The van der Waals surface area contributed by atoms with Crippen molar-refractivity contribution >= 4 is 45.0 Å². The molecule has 0 bridgehead atoms. The maximum absolute atomic E-state index is 13.6. The number of hydrogen-bond donors (Lipinski definition) is 0. The topological polar surface area (TPSA) is 116 Å². The van der Waals surface area contributed by atoms with Crippen LogP contribution < -0.4 is 14.8 Å². The monoisotopic (exact) mass is 549 g/mol. The normalized spacial score (nSPS) is 13.2. The summed E-state index contributed by atoms with van der Waals surface area (Å²) in [6.07, 6.45) is 3.13. The van der Waals surface area contributed by atoms with Crippen molar-refractivity contribution in [2.75, 3.05) is 5.01 Å². The maximum atomic E-state index is 13.6. The average Bonchev–Trinajstić information content (AvgIpc) is 3.22. The van der Waals surface area contributed by atoms with Crippen LogP contribution in [0, 0.1) is 0 Å². The summed E-state index contributed by atoms with van der Waals surface area (Å²) in [6, 6.07) is 27.0. The number of para-hydroxylation sites is 1. The van der Waals surface area contributed by atoms with Crippen LogP contribution in [0.2, 0.25) is 0 Å². The fourth-order valence-corrected chi connectivity index (χ4v) is 5.32. The van der Waals surface area contributed by atoms with Crippen LogP contribution in [0.15, 0.2) is 113 Å². The third kappa shape index (κ3) is 4.36. The highest BCUT2D eigenvalue weighted by molar-refractivity contribution is 7.87. The molecule has 0 saturated carbocycles. The number of fused-ring (bicyclic) bond motifs is 2. The van der Waals surface area contributed by atoms with Gasteiger partial charge in [0.05, 0.1) is 22.0 Å². The quantitative estimate of drug-likeness (QED) is 0.229. The second kappa shape index (κ2) is 9.75. The first-order valence-electron chi connectivity index (χ1n) is 12.1. The lowest BCUT2D eigenvalue weighted by Crippen LogP contribution is -2.47. The molecule has 1 aromatic heterocycles. The van der Waals surface area contributed by atoms with E-state index in [1.807, 2.05) is 0 Å². The second-order valence-corrected chi connectivity index (χ2v) is 10.4. The fraction of sp³-hybridized carbons (Fsp3) is 0. The second-order valence-electron chi connectivity index (χ2n) is 8.82. The molecular weight excluding hydrogens is 530 g/mol. The Bertz CT molecular complexity index is 1960. The molecule has 1 aliphatic heterocycles. The molecule has 1 aliphatic rings. The molecule has 2 amide bonds. The molecule has 0 N–H and O–H groups in total. The number of nitrogens with zero attached hydrogens (tertiary/aromatic N) is 3. The van der Waals surface area contributed by atoms with Crippen LogP contribution in [0.25, 0.3) is 23.1 Å². The minimum absolute atomic E-state index is 0.0347. The van der Waals surface area contributed by atoms with E-state index in [4.69, 9.17) is 4.18 Å². The smallest absolute Gasteiger partial charge is 0.339 e. The molecule has 0 spiro atoms. The van der Waals surface area contributed by atoms with Gasteiger partial charge >= 0.3 is 10.1 Å². The van der Waals surface area contributed by atoms with Crippen molar-refractivity contribution in [1.82, 2.24) is 9.66 Å². The van der Waals surface area contributed by atoms with Crippen LogP contribution in [0.1, 0.15) is 32.1 Å². The van der Waals surface area contributed by atoms with Crippen molar-refractivity contribution in [1.29, 1.82) is 0 Å². The summed E-state index contributed by atoms with van der Waals surface area (Å²) < 4.78 is 31.2. The van der Waals surface area contributed by atoms with Gasteiger partial charge in [-0.25, -0.2) is 4.98 Å². The first-order chi connectivity index (χ1) is 19.3. The van der Waals surface area contributed by atoms with Gasteiger partial charge in [-0.3, -0.25) is 14.4 Å². The summed E-state index contributed by atoms with van der Waals surface area (Å²) in [4.78, 5) is 44.6. The van der Waals surface area contributed by atoms with Crippen LogP contribution in [-0.2, 0) is 10.1 Å². The van der Waals surface area contributed by atoms with E-state index in [0.717, 1.165) is 9.69 Å². The van der Waals surface area contributed by atoms with Crippen molar-refractivity contribution in [2.45, 2.75) is 4.90 Å². The van der Waals surface area contributed by atoms with E-state index in [-0.39, 0.29) is 33.0 Å². The van der Waals surface area contributed by atoms with E-state index in [9.17, 15) is 22.8 Å². The van der Waals surface area contributed by atoms with Gasteiger partial charge in [0.1, 0.15) is 10.6 Å². The van der Waals surface area contributed by atoms with Crippen molar-refractivity contribution in [3.63, 3.8) is 0 Å². The lowest BCUT2D eigenvalue weighted by atomic mass is 10.1. The number of carbonyl (C=O) groups excluding carboxylic acids is 2. The van der Waals surface area contributed by atoms with Gasteiger partial charge in [-0.05, 0) is 60.2 Å². The van der Waals surface area contributed by atoms with Gasteiger partial charge in [-0.15, -0.1) is 0 Å². The maximum Gasteiger partial charge on any atom is 0.339 e. The van der Waals surface area contributed by atoms with E-state index in [0.29, 0.717) is 11.1 Å². The molecule has 10 heteroatoms. The summed E-state index contributed by atoms with van der Waals surface area (Å²) in [5.74, 6) is -1.08. The Balaban J connectivity index is 1.36. The minimum Gasteiger partial charge on any atom is -0.379 e. The fourth-order valence-electron chi connectivity index (χ4n) is 4.37. The zero-order valence-corrected chi connectivity index (χ0v) is 21.5. The third-order valence-electron chi connectivity index (χ3n) is 6.29. The molecule has 0 fully saturated rings. The Morgan fingerprint density at radius 1 is 0.675 bits per heavy atom. The van der Waals surface area contributed by atoms with Crippen LogP contribution in [0.5, 0.6) is 5.75 Å². The summed E-state index contributed by atoms with van der Waals surface area (Å²) in [5.41, 5.74) is 0.845. The number of imide groups is 1. The first kappa shape index (κ1) is 25.0. The van der Waals surface area contributed by atoms with Crippen molar-refractivity contribution < 1.29 is 22.2 Å². The van der Waals surface area contributed by atoms with Crippen LogP contribution in [0.3, 0.4) is 0 Å². The van der Waals surface area contributed by atoms with Crippen LogP contribution >= 0.6 is 0 Å². The Morgan fingerprint density at radius 3 is 1.95 bits per heavy atom. The molecular formula is C30H19N3O6S. The van der Waals surface area contributed by atoms with Gasteiger partial charge in [-0.2, -0.15) is 18.1 Å². The Morgan fingerprint density at radius 2 is 1.27 bits per heavy atom. The zero-order chi connectivity index (χ0) is 27.9. The van der Waals surface area contributed by atoms with E-state index in [1.54, 1.807) is 72.8 Å². The molecule has 0 saturated heterocycles. The molecule has 6 rings (SSSR count). The summed E-state index contributed by atoms with van der Waals surface area (Å²) in [6.45, 7) is 0. The number of aromatic nitrogens is 2. The van der Waals surface area contributed by atoms with Gasteiger partial charge < -0.3 is 4.18 Å². The molecule has 0 radical (unpaired) electrons. The molecule has 2 heterocycles. The molecule has 0 unspecified atom stereocenters. The Labute approximate surface area is 228 Å². The van der Waals surface area contributed by atoms with Gasteiger partial charge in [0.15, 0.2) is 5.82 Å². The molecule has 40 heavy (non-hydrogen) atoms. The largest absolute Gasteiger partial charge is 0.379 e. The van der Waals surface area contributed by atoms with Crippen LogP contribution in [0.4, 0.5) is 0 Å². The molecule has 4 aromatic carbocycles. The standard InChI is InChI=1S/C30H19N3O6S/c34-28-23-10-4-5-11-24(23)29(35)33(28)32-27(31-26-13-7-6-12-25(26)30(32)36)19-16-20-14-17-21(18-15-20)39-40(37,38)22-8-2-1-3-9-22/h1-19H. The number of carbonyl (C=O) groups is 2. The lowest BCUT2D eigenvalue weighted by molar-refractivity contribution is 0.0883. The number of rotatable bonds is 6. The highest BCUT2D eigenvalue weighted by Gasteiger charge is 2.38. The summed E-state index contributed by atoms with van der Waals surface area (Å²) >= 11 is 0. The first-order valence-corrected chi connectivity index (χ1v) is 13.5. The molecule has 0 atom stereocenters. The van der Waals surface area contributed by atoms with E-state index in [2.05, 4.69) is 4.98 Å². The molecule has 9 nitrogen and oxygen atoms in total. The lowest BCUT2D eigenvalue weighted by Gasteiger charge is -2.19. The van der Waals surface area contributed by atoms with Crippen molar-refractivity contribution in [2.24, 2.45) is 0 Å². The van der Waals surface area contributed by atoms with Crippen LogP contribution in [-0.4, -0.2) is 29.9 Å². The SMILES string of the molecule is O=C1c2ccccc2C(=O)N1n1c(C=Cc2ccc(OS(=O)(=O)c3ccccc3)cc2)nc2ccccc2c1=O. The highest BCUT2D eigenvalue weighted by Crippen LogP contribution is 2.23.